The van der Waals surface area contributed by atoms with Crippen molar-refractivity contribution in [2.45, 2.75) is 13.5 Å². The Morgan fingerprint density at radius 1 is 1.00 bits per heavy atom. The second-order valence-electron chi connectivity index (χ2n) is 6.74. The van der Waals surface area contributed by atoms with Crippen LogP contribution in [-0.4, -0.2) is 21.6 Å². The standard InChI is InChI=1S/C23H20N4O3/c1-16-7-5-8-17(13-16)22(28)26-21-20(23(29)24-14-19-11-6-12-30-19)15-25-27(21)18-9-3-2-4-10-18/h2-13,15H,14H2,1H3,(H,24,29)(H,26,28). The summed E-state index contributed by atoms with van der Waals surface area (Å²) in [6, 6.07) is 20.1. The van der Waals surface area contributed by atoms with Gasteiger partial charge in [-0.2, -0.15) is 5.10 Å². The number of nitrogens with one attached hydrogen (secondary N) is 2. The average molecular weight is 400 g/mol. The Morgan fingerprint density at radius 3 is 2.57 bits per heavy atom. The van der Waals surface area contributed by atoms with E-state index in [1.807, 2.05) is 49.4 Å². The molecule has 2 aromatic carbocycles. The first-order chi connectivity index (χ1) is 14.6. The number of furan rings is 1. The number of carbonyl (C=O) groups excluding carboxylic acids is 2. The van der Waals surface area contributed by atoms with Gasteiger partial charge in [0.1, 0.15) is 17.1 Å². The van der Waals surface area contributed by atoms with Crippen LogP contribution in [0.5, 0.6) is 0 Å². The molecule has 2 aromatic heterocycles. The van der Waals surface area contributed by atoms with Gasteiger partial charge in [-0.25, -0.2) is 4.68 Å². The molecule has 4 aromatic rings. The molecule has 2 N–H and O–H groups in total. The third-order valence-corrected chi connectivity index (χ3v) is 4.53. The third-order valence-electron chi connectivity index (χ3n) is 4.53. The summed E-state index contributed by atoms with van der Waals surface area (Å²) in [6.07, 6.45) is 2.98. The maximum absolute atomic E-state index is 12.9. The molecule has 0 spiro atoms. The summed E-state index contributed by atoms with van der Waals surface area (Å²) >= 11 is 0. The van der Waals surface area contributed by atoms with Crippen LogP contribution in [0.2, 0.25) is 0 Å². The fourth-order valence-electron chi connectivity index (χ4n) is 3.04. The number of anilines is 1. The van der Waals surface area contributed by atoms with Crippen molar-refractivity contribution >= 4 is 17.6 Å². The smallest absolute Gasteiger partial charge is 0.257 e. The molecular weight excluding hydrogens is 380 g/mol. The van der Waals surface area contributed by atoms with E-state index in [9.17, 15) is 9.59 Å². The summed E-state index contributed by atoms with van der Waals surface area (Å²) in [5.41, 5.74) is 2.45. The number of hydrogen-bond donors (Lipinski definition) is 2. The minimum Gasteiger partial charge on any atom is -0.467 e. The molecule has 0 saturated carbocycles. The molecule has 0 atom stereocenters. The highest BCUT2D eigenvalue weighted by molar-refractivity contribution is 6.08. The Kier molecular flexibility index (Phi) is 5.43. The van der Waals surface area contributed by atoms with E-state index in [0.717, 1.165) is 11.3 Å². The largest absolute Gasteiger partial charge is 0.467 e. The lowest BCUT2D eigenvalue weighted by Crippen LogP contribution is -2.25. The predicted octanol–water partition coefficient (Wildman–Crippen LogP) is 3.96. The van der Waals surface area contributed by atoms with Crippen LogP contribution in [0.25, 0.3) is 5.69 Å². The van der Waals surface area contributed by atoms with Gasteiger partial charge >= 0.3 is 0 Å². The van der Waals surface area contributed by atoms with Crippen molar-refractivity contribution in [3.05, 3.63) is 102 Å². The molecule has 150 valence electrons. The van der Waals surface area contributed by atoms with Gasteiger partial charge in [0, 0.05) is 5.56 Å². The predicted molar refractivity (Wildman–Crippen MR) is 113 cm³/mol. The lowest BCUT2D eigenvalue weighted by molar-refractivity contribution is 0.0949. The summed E-state index contributed by atoms with van der Waals surface area (Å²) in [6.45, 7) is 2.14. The van der Waals surface area contributed by atoms with Crippen LogP contribution < -0.4 is 10.6 Å². The van der Waals surface area contributed by atoms with Gasteiger partial charge in [0.2, 0.25) is 0 Å². The van der Waals surface area contributed by atoms with E-state index >= 15 is 0 Å². The van der Waals surface area contributed by atoms with Crippen LogP contribution in [0.3, 0.4) is 0 Å². The molecule has 0 aliphatic rings. The highest BCUT2D eigenvalue weighted by Crippen LogP contribution is 2.21. The third kappa shape index (κ3) is 4.15. The van der Waals surface area contributed by atoms with E-state index in [0.29, 0.717) is 17.1 Å². The molecule has 4 rings (SSSR count). The van der Waals surface area contributed by atoms with Crippen molar-refractivity contribution < 1.29 is 14.0 Å². The van der Waals surface area contributed by atoms with Gasteiger partial charge in [0.15, 0.2) is 0 Å². The molecule has 2 amide bonds. The fourth-order valence-corrected chi connectivity index (χ4v) is 3.04. The van der Waals surface area contributed by atoms with E-state index < -0.39 is 0 Å². The fraction of sp³-hybridized carbons (Fsp3) is 0.0870. The first kappa shape index (κ1) is 19.2. The molecule has 0 fully saturated rings. The topological polar surface area (TPSA) is 89.2 Å². The van der Waals surface area contributed by atoms with Crippen LogP contribution in [0.1, 0.15) is 32.0 Å². The number of hydrogen-bond acceptors (Lipinski definition) is 4. The molecule has 2 heterocycles. The van der Waals surface area contributed by atoms with Crippen LogP contribution in [0, 0.1) is 6.92 Å². The zero-order valence-corrected chi connectivity index (χ0v) is 16.3. The Hall–Kier alpha value is -4.13. The monoisotopic (exact) mass is 400 g/mol. The van der Waals surface area contributed by atoms with Gasteiger partial charge in [0.25, 0.3) is 11.8 Å². The number of rotatable bonds is 6. The van der Waals surface area contributed by atoms with Gasteiger partial charge < -0.3 is 15.1 Å². The zero-order valence-electron chi connectivity index (χ0n) is 16.3. The van der Waals surface area contributed by atoms with Crippen molar-refractivity contribution in [3.63, 3.8) is 0 Å². The number of para-hydroxylation sites is 1. The van der Waals surface area contributed by atoms with Crippen molar-refractivity contribution in [1.82, 2.24) is 15.1 Å². The molecule has 7 nitrogen and oxygen atoms in total. The number of benzene rings is 2. The maximum atomic E-state index is 12.9. The molecule has 0 unspecified atom stereocenters. The maximum Gasteiger partial charge on any atom is 0.257 e. The quantitative estimate of drug-likeness (QED) is 0.513. The minimum atomic E-state index is -0.367. The molecular formula is C23H20N4O3. The lowest BCUT2D eigenvalue weighted by Gasteiger charge is -2.12. The normalized spacial score (nSPS) is 10.6. The average Bonchev–Trinajstić information content (AvgIpc) is 3.43. The summed E-state index contributed by atoms with van der Waals surface area (Å²) < 4.78 is 6.79. The molecule has 0 bridgehead atoms. The first-order valence-corrected chi connectivity index (χ1v) is 9.44. The molecule has 30 heavy (non-hydrogen) atoms. The van der Waals surface area contributed by atoms with Crippen LogP contribution in [-0.2, 0) is 6.54 Å². The SMILES string of the molecule is Cc1cccc(C(=O)Nc2c(C(=O)NCc3ccco3)cnn2-c2ccccc2)c1. The van der Waals surface area contributed by atoms with Crippen molar-refractivity contribution in [2.24, 2.45) is 0 Å². The summed E-state index contributed by atoms with van der Waals surface area (Å²) in [4.78, 5) is 25.7. The van der Waals surface area contributed by atoms with E-state index in [1.54, 1.807) is 30.5 Å². The van der Waals surface area contributed by atoms with Gasteiger partial charge in [-0.15, -0.1) is 0 Å². The van der Waals surface area contributed by atoms with E-state index in [1.165, 1.54) is 10.9 Å². The molecule has 0 aliphatic heterocycles. The highest BCUT2D eigenvalue weighted by Gasteiger charge is 2.21. The number of nitrogens with zero attached hydrogens (tertiary/aromatic N) is 2. The molecule has 0 radical (unpaired) electrons. The number of carbonyl (C=O) groups is 2. The minimum absolute atomic E-state index is 0.230. The molecule has 0 saturated heterocycles. The van der Waals surface area contributed by atoms with Crippen LogP contribution in [0.4, 0.5) is 5.82 Å². The van der Waals surface area contributed by atoms with Gasteiger partial charge in [-0.3, -0.25) is 9.59 Å². The zero-order chi connectivity index (χ0) is 20.9. The van der Waals surface area contributed by atoms with E-state index in [4.69, 9.17) is 4.42 Å². The van der Waals surface area contributed by atoms with Gasteiger partial charge in [-0.1, -0.05) is 35.9 Å². The molecule has 7 heteroatoms. The number of aromatic nitrogens is 2. The number of amides is 2. The van der Waals surface area contributed by atoms with Gasteiger partial charge in [-0.05, 0) is 43.3 Å². The molecule has 0 aliphatic carbocycles. The summed E-state index contributed by atoms with van der Waals surface area (Å²) in [5.74, 6) is 0.235. The van der Waals surface area contributed by atoms with Gasteiger partial charge in [0.05, 0.1) is 24.7 Å². The number of aryl methyl sites for hydroxylation is 1. The first-order valence-electron chi connectivity index (χ1n) is 9.44. The Labute approximate surface area is 173 Å². The Morgan fingerprint density at radius 2 is 1.83 bits per heavy atom. The van der Waals surface area contributed by atoms with Crippen LogP contribution in [0.15, 0.2) is 83.6 Å². The summed E-state index contributed by atoms with van der Waals surface area (Å²) in [5, 5.41) is 9.98. The van der Waals surface area contributed by atoms with E-state index in [-0.39, 0.29) is 23.9 Å². The van der Waals surface area contributed by atoms with E-state index in [2.05, 4.69) is 15.7 Å². The highest BCUT2D eigenvalue weighted by atomic mass is 16.3. The van der Waals surface area contributed by atoms with Crippen molar-refractivity contribution in [2.75, 3.05) is 5.32 Å². The van der Waals surface area contributed by atoms with Crippen molar-refractivity contribution in [3.8, 4) is 5.69 Å². The second-order valence-corrected chi connectivity index (χ2v) is 6.74. The van der Waals surface area contributed by atoms with Crippen molar-refractivity contribution in [1.29, 1.82) is 0 Å². The van der Waals surface area contributed by atoms with Crippen LogP contribution >= 0.6 is 0 Å². The lowest BCUT2D eigenvalue weighted by atomic mass is 10.1. The Bertz CT molecular complexity index is 1160. The Balaban J connectivity index is 1.65. The summed E-state index contributed by atoms with van der Waals surface area (Å²) in [7, 11) is 0. The second kappa shape index (κ2) is 8.48.